The van der Waals surface area contributed by atoms with Crippen LogP contribution >= 0.6 is 0 Å². The van der Waals surface area contributed by atoms with Gasteiger partial charge >= 0.3 is 5.97 Å². The topological polar surface area (TPSA) is 52.3 Å². The summed E-state index contributed by atoms with van der Waals surface area (Å²) in [5, 5.41) is 3.65. The van der Waals surface area contributed by atoms with E-state index in [-0.39, 0.29) is 11.7 Å². The number of ether oxygens (including phenoxy) is 1. The Morgan fingerprint density at radius 1 is 1.09 bits per heavy atom. The summed E-state index contributed by atoms with van der Waals surface area (Å²) >= 11 is 0. The van der Waals surface area contributed by atoms with Crippen LogP contribution < -0.4 is 4.74 Å². The molecule has 2 aromatic rings. The van der Waals surface area contributed by atoms with Crippen LogP contribution in [0.25, 0.3) is 0 Å². The summed E-state index contributed by atoms with van der Waals surface area (Å²) in [4.78, 5) is 11.6. The second-order valence-electron chi connectivity index (χ2n) is 4.92. The van der Waals surface area contributed by atoms with Crippen molar-refractivity contribution >= 4 is 5.97 Å². The van der Waals surface area contributed by atoms with Gasteiger partial charge in [-0.15, -0.1) is 0 Å². The van der Waals surface area contributed by atoms with Crippen LogP contribution in [0.2, 0.25) is 0 Å². The molecule has 124 valence electrons. The summed E-state index contributed by atoms with van der Waals surface area (Å²) in [6, 6.07) is 1.42. The third-order valence-electron chi connectivity index (χ3n) is 2.87. The molecule has 0 saturated carbocycles. The number of carbonyl (C=O) groups is 1. The molecule has 0 atom stereocenters. The van der Waals surface area contributed by atoms with E-state index in [2.05, 4.69) is 9.89 Å². The van der Waals surface area contributed by atoms with Gasteiger partial charge in [-0.2, -0.15) is 8.78 Å². The van der Waals surface area contributed by atoms with E-state index in [1.54, 1.807) is 0 Å². The van der Waals surface area contributed by atoms with E-state index >= 15 is 0 Å². The normalized spacial score (nSPS) is 11.1. The van der Waals surface area contributed by atoms with Gasteiger partial charge in [0.15, 0.2) is 0 Å². The quantitative estimate of drug-likeness (QED) is 0.281. The zero-order valence-corrected chi connectivity index (χ0v) is 11.9. The third-order valence-corrected chi connectivity index (χ3v) is 2.87. The number of hydrogen-bond donors (Lipinski definition) is 0. The lowest BCUT2D eigenvalue weighted by Crippen LogP contribution is -2.15. The number of benzene rings is 1. The van der Waals surface area contributed by atoms with E-state index in [4.69, 9.17) is 4.52 Å². The molecule has 0 amide bonds. The lowest BCUT2D eigenvalue weighted by atomic mass is 10.1. The molecule has 0 aliphatic rings. The van der Waals surface area contributed by atoms with Gasteiger partial charge in [0.05, 0.1) is 5.69 Å². The first-order valence-corrected chi connectivity index (χ1v) is 6.40. The Kier molecular flexibility index (Phi) is 4.67. The number of nitrogens with zero attached hydrogens (tertiary/aromatic N) is 1. The average molecular weight is 335 g/mol. The molecule has 4 nitrogen and oxygen atoms in total. The largest absolute Gasteiger partial charge is 0.420 e. The fourth-order valence-corrected chi connectivity index (χ4v) is 1.65. The van der Waals surface area contributed by atoms with E-state index in [1.165, 1.54) is 6.07 Å². The lowest BCUT2D eigenvalue weighted by molar-refractivity contribution is -0.134. The molecule has 0 unspecified atom stereocenters. The van der Waals surface area contributed by atoms with Gasteiger partial charge in [0.1, 0.15) is 12.2 Å². The van der Waals surface area contributed by atoms with Gasteiger partial charge in [-0.3, -0.25) is 4.79 Å². The van der Waals surface area contributed by atoms with Crippen molar-refractivity contribution in [1.82, 2.24) is 5.16 Å². The van der Waals surface area contributed by atoms with E-state index in [9.17, 15) is 26.7 Å². The highest BCUT2D eigenvalue weighted by atomic mass is 19.2. The summed E-state index contributed by atoms with van der Waals surface area (Å²) in [6.07, 6.45) is -0.584. The Bertz CT molecular complexity index is 728. The zero-order valence-electron chi connectivity index (χ0n) is 11.9. The van der Waals surface area contributed by atoms with Gasteiger partial charge in [-0.05, 0) is 5.92 Å². The van der Waals surface area contributed by atoms with Crippen LogP contribution in [0.1, 0.15) is 31.2 Å². The van der Waals surface area contributed by atoms with Crippen molar-refractivity contribution in [2.45, 2.75) is 26.2 Å². The number of carbonyl (C=O) groups excluding carboxylic acids is 1. The summed E-state index contributed by atoms with van der Waals surface area (Å²) in [7, 11) is 0. The minimum Gasteiger partial charge on any atom is -0.420 e. The first-order valence-electron chi connectivity index (χ1n) is 6.40. The second kappa shape index (κ2) is 6.35. The van der Waals surface area contributed by atoms with Crippen LogP contribution in [0.4, 0.5) is 22.0 Å². The van der Waals surface area contributed by atoms with E-state index in [0.29, 0.717) is 5.69 Å². The molecule has 0 radical (unpaired) electrons. The summed E-state index contributed by atoms with van der Waals surface area (Å²) in [5.41, 5.74) is 0.532. The maximum absolute atomic E-state index is 13.4. The third kappa shape index (κ3) is 3.33. The first kappa shape index (κ1) is 16.9. The van der Waals surface area contributed by atoms with E-state index in [1.807, 2.05) is 13.8 Å². The van der Waals surface area contributed by atoms with Crippen LogP contribution in [-0.2, 0) is 11.2 Å². The van der Waals surface area contributed by atoms with Gasteiger partial charge in [0.25, 0.3) is 0 Å². The maximum Gasteiger partial charge on any atom is 0.319 e. The van der Waals surface area contributed by atoms with Gasteiger partial charge in [0, 0.05) is 6.07 Å². The molecule has 2 rings (SSSR count). The highest BCUT2D eigenvalue weighted by Crippen LogP contribution is 2.29. The van der Waals surface area contributed by atoms with Crippen molar-refractivity contribution in [2.75, 3.05) is 0 Å². The molecule has 0 bridgehead atoms. The summed E-state index contributed by atoms with van der Waals surface area (Å²) < 4.78 is 74.7. The van der Waals surface area contributed by atoms with Crippen LogP contribution in [0.15, 0.2) is 10.6 Å². The van der Waals surface area contributed by atoms with Crippen LogP contribution in [0.5, 0.6) is 5.75 Å². The monoisotopic (exact) mass is 335 g/mol. The predicted octanol–water partition coefficient (Wildman–Crippen LogP) is 3.64. The zero-order chi connectivity index (χ0) is 17.3. The molecule has 9 heteroatoms. The van der Waals surface area contributed by atoms with Crippen LogP contribution in [0.3, 0.4) is 0 Å². The number of halogens is 5. The number of aromatic nitrogens is 1. The molecule has 0 fully saturated rings. The van der Waals surface area contributed by atoms with Gasteiger partial charge < -0.3 is 9.26 Å². The lowest BCUT2D eigenvalue weighted by Gasteiger charge is -2.08. The number of rotatable bonds is 4. The van der Waals surface area contributed by atoms with Crippen molar-refractivity contribution in [3.05, 3.63) is 46.6 Å². The minimum atomic E-state index is -2.34. The first-order chi connectivity index (χ1) is 10.7. The molecule has 0 saturated heterocycles. The molecule has 0 N–H and O–H groups in total. The fourth-order valence-electron chi connectivity index (χ4n) is 1.65. The van der Waals surface area contributed by atoms with Crippen molar-refractivity contribution in [2.24, 2.45) is 0 Å². The molecule has 23 heavy (non-hydrogen) atoms. The molecule has 1 aromatic carbocycles. The highest BCUT2D eigenvalue weighted by molar-refractivity contribution is 5.74. The van der Waals surface area contributed by atoms with Gasteiger partial charge in [-0.25, -0.2) is 13.2 Å². The van der Waals surface area contributed by atoms with Crippen LogP contribution in [0, 0.1) is 29.1 Å². The Morgan fingerprint density at radius 2 is 1.61 bits per heavy atom. The Balaban J connectivity index is 2.20. The van der Waals surface area contributed by atoms with Gasteiger partial charge in [-0.1, -0.05) is 19.0 Å². The van der Waals surface area contributed by atoms with Crippen molar-refractivity contribution < 1.29 is 36.0 Å². The van der Waals surface area contributed by atoms with Crippen molar-refractivity contribution in [3.8, 4) is 5.75 Å². The molecule has 0 aliphatic heterocycles. The second-order valence-corrected chi connectivity index (χ2v) is 4.92. The Hall–Kier alpha value is -2.45. The number of hydrogen-bond acceptors (Lipinski definition) is 4. The summed E-state index contributed by atoms with van der Waals surface area (Å²) in [5.74, 6) is -14.1. The molecular formula is C14H10F5NO3. The summed E-state index contributed by atoms with van der Waals surface area (Å²) in [6.45, 7) is 3.63. The molecule has 1 aromatic heterocycles. The predicted molar refractivity (Wildman–Crippen MR) is 66.2 cm³/mol. The number of esters is 1. The minimum absolute atomic E-state index is 0.0127. The van der Waals surface area contributed by atoms with Crippen LogP contribution in [-0.4, -0.2) is 11.1 Å². The molecule has 0 spiro atoms. The molecule has 1 heterocycles. The van der Waals surface area contributed by atoms with E-state index < -0.39 is 47.2 Å². The Morgan fingerprint density at radius 3 is 2.09 bits per heavy atom. The highest BCUT2D eigenvalue weighted by Gasteiger charge is 2.28. The molecular weight excluding hydrogens is 325 g/mol. The average Bonchev–Trinajstić information content (AvgIpc) is 2.96. The smallest absolute Gasteiger partial charge is 0.319 e. The maximum atomic E-state index is 13.4. The van der Waals surface area contributed by atoms with Gasteiger partial charge in [0.2, 0.25) is 34.8 Å². The SMILES string of the molecule is CC(C)c1cc(CC(=O)Oc2c(F)c(F)c(F)c(F)c2F)on1. The standard InChI is InChI=1S/C14H10F5NO3/c1-5(2)7-3-6(23-20-7)4-8(21)22-14-12(18)10(16)9(15)11(17)13(14)19/h3,5H,4H2,1-2H3. The van der Waals surface area contributed by atoms with Crippen molar-refractivity contribution in [1.29, 1.82) is 0 Å². The van der Waals surface area contributed by atoms with Crippen molar-refractivity contribution in [3.63, 3.8) is 0 Å². The Labute approximate surface area is 126 Å². The fraction of sp³-hybridized carbons (Fsp3) is 0.286. The molecule has 0 aliphatic carbocycles. The van der Waals surface area contributed by atoms with E-state index in [0.717, 1.165) is 0 Å².